The fourth-order valence-corrected chi connectivity index (χ4v) is 9.55. The Balaban J connectivity index is 1.12. The lowest BCUT2D eigenvalue weighted by Crippen LogP contribution is -2.66. The molecule has 8 nitrogen and oxygen atoms in total. The zero-order valence-electron chi connectivity index (χ0n) is 32.0. The van der Waals surface area contributed by atoms with E-state index >= 15 is 0 Å². The number of hydrogen-bond acceptors (Lipinski definition) is 7. The predicted molar refractivity (Wildman–Crippen MR) is 199 cm³/mol. The fourth-order valence-electron chi connectivity index (χ4n) is 9.55. The molecule has 8 heteroatoms. The van der Waals surface area contributed by atoms with Gasteiger partial charge in [0.15, 0.2) is 11.5 Å². The molecule has 1 saturated carbocycles. The van der Waals surface area contributed by atoms with Gasteiger partial charge in [0.2, 0.25) is 0 Å². The van der Waals surface area contributed by atoms with Gasteiger partial charge in [-0.2, -0.15) is 0 Å². The van der Waals surface area contributed by atoms with E-state index in [1.807, 2.05) is 26.8 Å². The van der Waals surface area contributed by atoms with E-state index < -0.39 is 29.8 Å². The molecule has 1 aromatic carbocycles. The van der Waals surface area contributed by atoms with Crippen molar-refractivity contribution in [2.75, 3.05) is 13.6 Å². The normalized spacial score (nSPS) is 25.8. The zero-order valence-corrected chi connectivity index (χ0v) is 32.0. The van der Waals surface area contributed by atoms with E-state index in [4.69, 9.17) is 14.2 Å². The van der Waals surface area contributed by atoms with Crippen molar-refractivity contribution in [2.45, 2.75) is 198 Å². The van der Waals surface area contributed by atoms with Crippen LogP contribution in [0, 0.1) is 5.92 Å². The first-order valence-electron chi connectivity index (χ1n) is 20.5. The zero-order chi connectivity index (χ0) is 35.7. The summed E-state index contributed by atoms with van der Waals surface area (Å²) in [6.07, 6.45) is 23.0. The summed E-state index contributed by atoms with van der Waals surface area (Å²) in [7, 11) is 2.21. The van der Waals surface area contributed by atoms with Crippen molar-refractivity contribution in [3.8, 4) is 11.5 Å². The minimum absolute atomic E-state index is 0.248. The van der Waals surface area contributed by atoms with Crippen molar-refractivity contribution in [1.82, 2.24) is 10.2 Å². The highest BCUT2D eigenvalue weighted by Gasteiger charge is 2.65. The van der Waals surface area contributed by atoms with Crippen LogP contribution < -0.4 is 14.8 Å². The molecule has 2 heterocycles. The molecule has 2 bridgehead atoms. The van der Waals surface area contributed by atoms with E-state index in [-0.39, 0.29) is 11.5 Å². The molecule has 1 aromatic rings. The minimum atomic E-state index is -0.826. The Morgan fingerprint density at radius 1 is 0.940 bits per heavy atom. The number of aliphatic hydroxyl groups is 1. The molecule has 1 saturated heterocycles. The van der Waals surface area contributed by atoms with Gasteiger partial charge in [-0.1, -0.05) is 116 Å². The van der Waals surface area contributed by atoms with Gasteiger partial charge >= 0.3 is 12.1 Å². The van der Waals surface area contributed by atoms with E-state index in [1.54, 1.807) is 0 Å². The number of ether oxygens (including phenoxy) is 3. The fraction of sp³-hybridized carbons (Fsp3) is 0.810. The number of piperidine rings is 1. The lowest BCUT2D eigenvalue weighted by atomic mass is 9.51. The van der Waals surface area contributed by atoms with Crippen LogP contribution in [0.2, 0.25) is 0 Å². The van der Waals surface area contributed by atoms with Crippen molar-refractivity contribution in [3.05, 3.63) is 23.3 Å². The second-order valence-corrected chi connectivity index (χ2v) is 17.0. The van der Waals surface area contributed by atoms with Crippen LogP contribution in [0.25, 0.3) is 0 Å². The summed E-state index contributed by atoms with van der Waals surface area (Å²) in [5.74, 6) is 0.918. The molecular formula is C42H68N2O6. The van der Waals surface area contributed by atoms with E-state index in [0.717, 1.165) is 57.1 Å². The number of rotatable bonds is 20. The first kappa shape index (κ1) is 38.9. The van der Waals surface area contributed by atoms with E-state index in [9.17, 15) is 14.7 Å². The molecule has 1 amide bonds. The Kier molecular flexibility index (Phi) is 14.0. The van der Waals surface area contributed by atoms with Crippen LogP contribution in [-0.2, 0) is 21.4 Å². The first-order chi connectivity index (χ1) is 24.0. The summed E-state index contributed by atoms with van der Waals surface area (Å²) in [4.78, 5) is 29.1. The largest absolute Gasteiger partial charge is 0.483 e. The summed E-state index contributed by atoms with van der Waals surface area (Å²) in [5.41, 5.74) is 1.46. The second-order valence-electron chi connectivity index (χ2n) is 17.0. The number of carbonyl (C=O) groups is 2. The monoisotopic (exact) mass is 697 g/mol. The smallest absolute Gasteiger partial charge is 0.408 e. The number of alkyl carbamates (subject to hydrolysis) is 1. The molecule has 0 radical (unpaired) electrons. The Bertz CT molecular complexity index is 1260. The molecule has 2 aliphatic heterocycles. The molecule has 1 spiro atoms. The average Bonchev–Trinajstić information content (AvgIpc) is 3.42. The van der Waals surface area contributed by atoms with Crippen LogP contribution in [0.4, 0.5) is 4.79 Å². The second kappa shape index (κ2) is 17.9. The van der Waals surface area contributed by atoms with Gasteiger partial charge in [0.1, 0.15) is 17.7 Å². The van der Waals surface area contributed by atoms with Gasteiger partial charge in [0.25, 0.3) is 0 Å². The molecule has 4 aliphatic rings. The summed E-state index contributed by atoms with van der Waals surface area (Å²) in [6.45, 7) is 8.68. The number of carbonyl (C=O) groups excluding carboxylic acids is 2. The maximum atomic E-state index is 13.8. The number of esters is 1. The maximum absolute atomic E-state index is 13.8. The number of likely N-dealkylation sites (tertiary alicyclic amines) is 1. The number of hydrogen-bond donors (Lipinski definition) is 2. The number of aliphatic hydroxyl groups excluding tert-OH is 1. The quantitative estimate of drug-likeness (QED) is 0.0797. The first-order valence-corrected chi connectivity index (χ1v) is 20.5. The van der Waals surface area contributed by atoms with Crippen molar-refractivity contribution in [3.63, 3.8) is 0 Å². The van der Waals surface area contributed by atoms with Crippen LogP contribution in [0.3, 0.4) is 0 Å². The molecule has 2 aliphatic carbocycles. The highest BCUT2D eigenvalue weighted by molar-refractivity contribution is 5.83. The third-order valence-corrected chi connectivity index (χ3v) is 12.1. The van der Waals surface area contributed by atoms with Gasteiger partial charge in [0.05, 0.1) is 6.10 Å². The number of unbranched alkanes of at least 4 members (excludes halogenated alkanes) is 15. The molecule has 0 aromatic heterocycles. The Morgan fingerprint density at radius 3 is 2.14 bits per heavy atom. The number of nitrogens with zero attached hydrogens (tertiary/aromatic N) is 1. The van der Waals surface area contributed by atoms with E-state index in [0.29, 0.717) is 29.9 Å². The number of amides is 1. The van der Waals surface area contributed by atoms with E-state index in [2.05, 4.69) is 30.3 Å². The molecule has 282 valence electrons. The summed E-state index contributed by atoms with van der Waals surface area (Å²) in [6, 6.07) is 3.54. The molecule has 2 N–H and O–H groups in total. The van der Waals surface area contributed by atoms with Gasteiger partial charge in [-0.25, -0.2) is 9.59 Å². The predicted octanol–water partition coefficient (Wildman–Crippen LogP) is 9.17. The third kappa shape index (κ3) is 9.36. The van der Waals surface area contributed by atoms with Gasteiger partial charge in [-0.3, -0.25) is 0 Å². The van der Waals surface area contributed by atoms with Gasteiger partial charge in [-0.15, -0.1) is 0 Å². The SMILES string of the molecule is CCCCCCCCCCCCCCCCCCC(NC(=O)OC(C)(C)C)C(=O)Oc1ccc2c3c1O[C@H]1[C@@H](O)CC[C@H]4[C@@H](C2)N(C)CC[C@@]341. The highest BCUT2D eigenvalue weighted by Crippen LogP contribution is 2.63. The minimum Gasteiger partial charge on any atom is -0.483 e. The van der Waals surface area contributed by atoms with Crippen LogP contribution >= 0.6 is 0 Å². The summed E-state index contributed by atoms with van der Waals surface area (Å²) < 4.78 is 18.3. The van der Waals surface area contributed by atoms with Gasteiger partial charge in [-0.05, 0) is 84.0 Å². The van der Waals surface area contributed by atoms with Crippen molar-refractivity contribution >= 4 is 12.1 Å². The van der Waals surface area contributed by atoms with Crippen LogP contribution in [-0.4, -0.2) is 65.6 Å². The molecule has 2 fully saturated rings. The summed E-state index contributed by atoms with van der Waals surface area (Å²) >= 11 is 0. The van der Waals surface area contributed by atoms with Crippen molar-refractivity contribution < 1.29 is 28.9 Å². The lowest BCUT2D eigenvalue weighted by Gasteiger charge is -2.58. The molecule has 1 unspecified atom stereocenters. The van der Waals surface area contributed by atoms with Crippen LogP contribution in [0.5, 0.6) is 11.5 Å². The highest BCUT2D eigenvalue weighted by atomic mass is 16.6. The Labute approximate surface area is 302 Å². The molecular weight excluding hydrogens is 628 g/mol. The van der Waals surface area contributed by atoms with Crippen molar-refractivity contribution in [1.29, 1.82) is 0 Å². The number of likely N-dealkylation sites (N-methyl/N-ethyl adjacent to an activating group) is 1. The van der Waals surface area contributed by atoms with Gasteiger partial charge in [0, 0.05) is 17.0 Å². The van der Waals surface area contributed by atoms with E-state index in [1.165, 1.54) is 89.0 Å². The molecule has 50 heavy (non-hydrogen) atoms. The Morgan fingerprint density at radius 2 is 1.54 bits per heavy atom. The lowest BCUT2D eigenvalue weighted by molar-refractivity contribution is -0.137. The number of nitrogens with one attached hydrogen (secondary N) is 1. The number of benzene rings is 1. The van der Waals surface area contributed by atoms with Crippen molar-refractivity contribution in [2.24, 2.45) is 5.92 Å². The van der Waals surface area contributed by atoms with Gasteiger partial charge < -0.3 is 29.5 Å². The van der Waals surface area contributed by atoms with Crippen LogP contribution in [0.1, 0.15) is 167 Å². The molecule has 6 atom stereocenters. The topological polar surface area (TPSA) is 97.3 Å². The summed E-state index contributed by atoms with van der Waals surface area (Å²) in [5, 5.41) is 14.0. The maximum Gasteiger partial charge on any atom is 0.408 e. The standard InChI is InChI=1S/C42H68N2O6/c1-6-7-8-9-10-11-12-13-14-15-16-17-18-19-20-21-22-32(43-40(47)50-41(2,3)4)39(46)48-35-26-23-30-29-33-31-24-25-34(45)38-42(31,27-28-44(33)5)36(30)37(35)49-38/h23,26,31-34,38,45H,6-22,24-25,27-29H2,1-5H3,(H,43,47)/t31-,32?,33+,34-,38-,42-/m0/s1. The average molecular weight is 697 g/mol. The van der Waals surface area contributed by atoms with Crippen LogP contribution in [0.15, 0.2) is 12.1 Å². The molecule has 5 rings (SSSR count). The third-order valence-electron chi connectivity index (χ3n) is 12.1. The Hall–Kier alpha value is -2.32.